The molecule has 8 heteroatoms. The minimum Gasteiger partial charge on any atom is -0.504 e. The average molecular weight is 420 g/mol. The molecule has 0 saturated heterocycles. The van der Waals surface area contributed by atoms with Crippen LogP contribution in [0, 0.1) is 0 Å². The van der Waals surface area contributed by atoms with Crippen molar-refractivity contribution < 1.29 is 9.84 Å². The first-order valence-electron chi connectivity index (χ1n) is 5.97. The van der Waals surface area contributed by atoms with Crippen LogP contribution in [-0.2, 0) is 0 Å². The lowest BCUT2D eigenvalue weighted by atomic mass is 10.4. The molecule has 0 aliphatic rings. The lowest BCUT2D eigenvalue weighted by molar-refractivity contribution is 0.243. The maximum atomic E-state index is 8.88. The van der Waals surface area contributed by atoms with Crippen LogP contribution in [-0.4, -0.2) is 21.2 Å². The molecule has 0 radical (unpaired) electrons. The molecule has 0 atom stereocenters. The molecule has 0 saturated carbocycles. The van der Waals surface area contributed by atoms with E-state index in [0.29, 0.717) is 16.0 Å². The van der Waals surface area contributed by atoms with Crippen molar-refractivity contribution in [2.75, 3.05) is 11.5 Å². The number of pyridine rings is 2. The highest BCUT2D eigenvalue weighted by Crippen LogP contribution is 2.23. The van der Waals surface area contributed by atoms with Gasteiger partial charge in [0, 0.05) is 21.3 Å². The number of anilines is 2. The van der Waals surface area contributed by atoms with E-state index in [1.807, 2.05) is 19.9 Å². The highest BCUT2D eigenvalue weighted by Gasteiger charge is 2.03. The molecule has 0 spiro atoms. The first-order chi connectivity index (χ1) is 9.79. The van der Waals surface area contributed by atoms with E-state index in [1.54, 1.807) is 6.20 Å². The summed E-state index contributed by atoms with van der Waals surface area (Å²) in [5.74, 6) is 1.20. The second-order valence-corrected chi connectivity index (χ2v) is 6.09. The number of rotatable bonds is 2. The Balaban J connectivity index is 0.000000219. The van der Waals surface area contributed by atoms with E-state index in [2.05, 4.69) is 41.8 Å². The third kappa shape index (κ3) is 6.17. The molecule has 0 bridgehead atoms. The quantitative estimate of drug-likeness (QED) is 0.688. The van der Waals surface area contributed by atoms with Gasteiger partial charge in [-0.2, -0.15) is 0 Å². The second-order valence-electron chi connectivity index (χ2n) is 4.26. The SMILES string of the molecule is CC(C)Oc1cc(Br)cnc1N.Nc1ncc(Br)cc1O. The van der Waals surface area contributed by atoms with Gasteiger partial charge < -0.3 is 21.3 Å². The average Bonchev–Trinajstić information content (AvgIpc) is 2.39. The molecule has 21 heavy (non-hydrogen) atoms. The smallest absolute Gasteiger partial charge is 0.166 e. The van der Waals surface area contributed by atoms with Gasteiger partial charge in [0.05, 0.1) is 6.10 Å². The van der Waals surface area contributed by atoms with Crippen molar-refractivity contribution in [3.8, 4) is 11.5 Å². The van der Waals surface area contributed by atoms with Crippen LogP contribution in [0.3, 0.4) is 0 Å². The van der Waals surface area contributed by atoms with Crippen molar-refractivity contribution in [2.24, 2.45) is 0 Å². The molecule has 5 N–H and O–H groups in total. The fourth-order valence-corrected chi connectivity index (χ4v) is 1.85. The van der Waals surface area contributed by atoms with Crippen LogP contribution in [0.25, 0.3) is 0 Å². The minimum atomic E-state index is 0.00405. The Hall–Kier alpha value is -1.54. The van der Waals surface area contributed by atoms with E-state index in [9.17, 15) is 0 Å². The number of aromatic hydroxyl groups is 1. The zero-order chi connectivity index (χ0) is 16.0. The number of hydrogen-bond acceptors (Lipinski definition) is 6. The largest absolute Gasteiger partial charge is 0.504 e. The summed E-state index contributed by atoms with van der Waals surface area (Å²) in [6.07, 6.45) is 3.28. The predicted molar refractivity (Wildman–Crippen MR) is 90.1 cm³/mol. The minimum absolute atomic E-state index is 0.00405. The van der Waals surface area contributed by atoms with Crippen molar-refractivity contribution in [3.63, 3.8) is 0 Å². The third-order valence-electron chi connectivity index (χ3n) is 2.08. The van der Waals surface area contributed by atoms with Crippen LogP contribution in [0.5, 0.6) is 11.5 Å². The van der Waals surface area contributed by atoms with E-state index in [0.717, 1.165) is 4.47 Å². The van der Waals surface area contributed by atoms with Crippen LogP contribution in [0.2, 0.25) is 0 Å². The van der Waals surface area contributed by atoms with Gasteiger partial charge >= 0.3 is 0 Å². The summed E-state index contributed by atoms with van der Waals surface area (Å²) >= 11 is 6.41. The van der Waals surface area contributed by atoms with Gasteiger partial charge in [-0.3, -0.25) is 0 Å². The first kappa shape index (κ1) is 17.5. The molecule has 0 aromatic carbocycles. The highest BCUT2D eigenvalue weighted by atomic mass is 79.9. The van der Waals surface area contributed by atoms with Crippen molar-refractivity contribution in [3.05, 3.63) is 33.5 Å². The Bertz CT molecular complexity index is 609. The van der Waals surface area contributed by atoms with E-state index >= 15 is 0 Å². The Morgan fingerprint density at radius 1 is 1.05 bits per heavy atom. The predicted octanol–water partition coefficient (Wildman–Crippen LogP) is 3.35. The molecule has 0 amide bonds. The summed E-state index contributed by atoms with van der Waals surface area (Å²) in [6.45, 7) is 3.89. The molecule has 2 aromatic rings. The Morgan fingerprint density at radius 3 is 2.05 bits per heavy atom. The van der Waals surface area contributed by atoms with Crippen LogP contribution >= 0.6 is 31.9 Å². The van der Waals surface area contributed by atoms with Gasteiger partial charge in [0.25, 0.3) is 0 Å². The normalized spacial score (nSPS) is 9.95. The van der Waals surface area contributed by atoms with Crippen molar-refractivity contribution in [1.29, 1.82) is 0 Å². The summed E-state index contributed by atoms with van der Waals surface area (Å²) in [6, 6.07) is 3.30. The van der Waals surface area contributed by atoms with Crippen LogP contribution in [0.1, 0.15) is 13.8 Å². The number of hydrogen-bond donors (Lipinski definition) is 3. The molecule has 0 aliphatic heterocycles. The van der Waals surface area contributed by atoms with Gasteiger partial charge in [0.2, 0.25) is 0 Å². The first-order valence-corrected chi connectivity index (χ1v) is 7.56. The zero-order valence-electron chi connectivity index (χ0n) is 11.5. The fourth-order valence-electron chi connectivity index (χ4n) is 1.22. The number of ether oxygens (including phenoxy) is 1. The molecule has 0 aliphatic carbocycles. The van der Waals surface area contributed by atoms with E-state index < -0.39 is 0 Å². The number of nitrogens with zero attached hydrogens (tertiary/aromatic N) is 2. The number of halogens is 2. The molecular weight excluding hydrogens is 404 g/mol. The third-order valence-corrected chi connectivity index (χ3v) is 2.94. The number of nitrogen functional groups attached to an aromatic ring is 2. The molecule has 114 valence electrons. The van der Waals surface area contributed by atoms with E-state index in [-0.39, 0.29) is 17.7 Å². The van der Waals surface area contributed by atoms with Gasteiger partial charge in [-0.15, -0.1) is 0 Å². The maximum absolute atomic E-state index is 8.88. The number of aromatic nitrogens is 2. The van der Waals surface area contributed by atoms with Gasteiger partial charge in [0.1, 0.15) is 0 Å². The topological polar surface area (TPSA) is 107 Å². The van der Waals surface area contributed by atoms with Crippen molar-refractivity contribution >= 4 is 43.5 Å². The summed E-state index contributed by atoms with van der Waals surface area (Å²) < 4.78 is 6.99. The van der Waals surface area contributed by atoms with Gasteiger partial charge in [-0.05, 0) is 57.8 Å². The van der Waals surface area contributed by atoms with Gasteiger partial charge in [-0.1, -0.05) is 0 Å². The van der Waals surface area contributed by atoms with Gasteiger partial charge in [-0.25, -0.2) is 9.97 Å². The Labute approximate surface area is 139 Å². The summed E-state index contributed by atoms with van der Waals surface area (Å²) in [5, 5.41) is 8.88. The van der Waals surface area contributed by atoms with Crippen molar-refractivity contribution in [1.82, 2.24) is 9.97 Å². The molecule has 2 aromatic heterocycles. The van der Waals surface area contributed by atoms with E-state index in [1.165, 1.54) is 12.3 Å². The summed E-state index contributed by atoms with van der Waals surface area (Å²) in [7, 11) is 0. The second kappa shape index (κ2) is 8.04. The lowest BCUT2D eigenvalue weighted by Gasteiger charge is -2.10. The molecule has 0 unspecified atom stereocenters. The van der Waals surface area contributed by atoms with Crippen LogP contribution in [0.15, 0.2) is 33.5 Å². The van der Waals surface area contributed by atoms with Crippen molar-refractivity contribution in [2.45, 2.75) is 20.0 Å². The molecule has 2 rings (SSSR count). The summed E-state index contributed by atoms with van der Waals surface area (Å²) in [4.78, 5) is 7.60. The number of nitrogens with two attached hydrogens (primary N) is 2. The Kier molecular flexibility index (Phi) is 6.70. The maximum Gasteiger partial charge on any atom is 0.166 e. The van der Waals surface area contributed by atoms with E-state index in [4.69, 9.17) is 21.3 Å². The standard InChI is InChI=1S/C8H11BrN2O.C5H5BrN2O/c1-5(2)12-7-3-6(9)4-11-8(7)10;6-3-1-4(9)5(7)8-2-3/h3-5H,1-2H3,(H2,10,11);1-2,9H,(H2,7,8). The highest BCUT2D eigenvalue weighted by molar-refractivity contribution is 9.10. The monoisotopic (exact) mass is 418 g/mol. The van der Waals surface area contributed by atoms with Crippen LogP contribution in [0.4, 0.5) is 11.6 Å². The molecule has 2 heterocycles. The molecular formula is C13H16Br2N4O2. The molecule has 6 nitrogen and oxygen atoms in total. The van der Waals surface area contributed by atoms with Crippen LogP contribution < -0.4 is 16.2 Å². The Morgan fingerprint density at radius 2 is 1.57 bits per heavy atom. The lowest BCUT2D eigenvalue weighted by Crippen LogP contribution is -2.08. The zero-order valence-corrected chi connectivity index (χ0v) is 14.7. The fraction of sp³-hybridized carbons (Fsp3) is 0.231. The van der Waals surface area contributed by atoms with Gasteiger partial charge in [0.15, 0.2) is 23.1 Å². The summed E-state index contributed by atoms with van der Waals surface area (Å²) in [5.41, 5.74) is 10.8. The molecule has 0 fully saturated rings.